The fraction of sp³-hybridized carbons (Fsp3) is 0.417. The second kappa shape index (κ2) is 5.03. The van der Waals surface area contributed by atoms with Crippen LogP contribution in [0.1, 0.15) is 19.8 Å². The summed E-state index contributed by atoms with van der Waals surface area (Å²) in [5, 5.41) is 13.9. The van der Waals surface area contributed by atoms with Gasteiger partial charge in [0.2, 0.25) is 5.91 Å². The summed E-state index contributed by atoms with van der Waals surface area (Å²) < 4.78 is 0. The molecule has 6 heteroatoms. The van der Waals surface area contributed by atoms with Crippen molar-refractivity contribution >= 4 is 17.3 Å². The number of nitro groups is 1. The van der Waals surface area contributed by atoms with Gasteiger partial charge < -0.3 is 10.2 Å². The molecule has 1 amide bonds. The summed E-state index contributed by atoms with van der Waals surface area (Å²) in [6, 6.07) is 6.44. The van der Waals surface area contributed by atoms with Crippen LogP contribution in [0.3, 0.4) is 0 Å². The molecule has 0 aromatic heterocycles. The van der Waals surface area contributed by atoms with Gasteiger partial charge in [-0.05, 0) is 19.4 Å². The molecule has 0 bridgehead atoms. The number of benzene rings is 1. The minimum Gasteiger partial charge on any atom is -0.360 e. The van der Waals surface area contributed by atoms with E-state index in [0.717, 1.165) is 6.42 Å². The summed E-state index contributed by atoms with van der Waals surface area (Å²) in [6.07, 6.45) is 1.17. The summed E-state index contributed by atoms with van der Waals surface area (Å²) in [7, 11) is 0. The van der Waals surface area contributed by atoms with Crippen LogP contribution < -0.4 is 5.32 Å². The number of carbonyl (C=O) groups is 1. The molecular weight excluding hydrogens is 234 g/mol. The van der Waals surface area contributed by atoms with Crippen LogP contribution in [0, 0.1) is 10.1 Å². The van der Waals surface area contributed by atoms with Gasteiger partial charge in [0.05, 0.1) is 11.1 Å². The number of carbonyl (C=O) groups excluding carboxylic acids is 1. The van der Waals surface area contributed by atoms with Crippen molar-refractivity contribution in [3.63, 3.8) is 0 Å². The Hall–Kier alpha value is -2.11. The van der Waals surface area contributed by atoms with Gasteiger partial charge in [-0.1, -0.05) is 12.1 Å². The molecule has 0 aliphatic carbocycles. The molecule has 0 spiro atoms. The molecule has 1 aliphatic rings. The Balaban J connectivity index is 2.14. The second-order valence-electron chi connectivity index (χ2n) is 4.29. The van der Waals surface area contributed by atoms with E-state index in [0.29, 0.717) is 18.7 Å². The van der Waals surface area contributed by atoms with Crippen molar-refractivity contribution in [2.24, 2.45) is 0 Å². The highest BCUT2D eigenvalue weighted by molar-refractivity contribution is 5.79. The van der Waals surface area contributed by atoms with Crippen molar-refractivity contribution < 1.29 is 9.72 Å². The third-order valence-corrected chi connectivity index (χ3v) is 3.04. The van der Waals surface area contributed by atoms with Crippen LogP contribution in [0.25, 0.3) is 0 Å². The van der Waals surface area contributed by atoms with Gasteiger partial charge >= 0.3 is 0 Å². The first kappa shape index (κ1) is 12.3. The molecule has 1 fully saturated rings. The second-order valence-corrected chi connectivity index (χ2v) is 4.29. The van der Waals surface area contributed by atoms with Gasteiger partial charge in [-0.25, -0.2) is 0 Å². The zero-order chi connectivity index (χ0) is 13.1. The average molecular weight is 249 g/mol. The van der Waals surface area contributed by atoms with Crippen molar-refractivity contribution in [3.05, 3.63) is 34.4 Å². The third-order valence-electron chi connectivity index (χ3n) is 3.04. The molecule has 1 aromatic rings. The number of likely N-dealkylation sites (tertiary alicyclic amines) is 1. The van der Waals surface area contributed by atoms with Gasteiger partial charge in [-0.15, -0.1) is 0 Å². The van der Waals surface area contributed by atoms with E-state index < -0.39 is 4.92 Å². The van der Waals surface area contributed by atoms with Crippen molar-refractivity contribution in [1.29, 1.82) is 0 Å². The van der Waals surface area contributed by atoms with E-state index >= 15 is 0 Å². The Bertz CT molecular complexity index is 475. The maximum absolute atomic E-state index is 11.6. The normalized spacial score (nSPS) is 16.7. The monoisotopic (exact) mass is 249 g/mol. The molecule has 18 heavy (non-hydrogen) atoms. The first-order valence-corrected chi connectivity index (χ1v) is 5.89. The third kappa shape index (κ3) is 2.42. The smallest absolute Gasteiger partial charge is 0.292 e. The van der Waals surface area contributed by atoms with E-state index in [2.05, 4.69) is 5.32 Å². The number of anilines is 1. The fourth-order valence-electron chi connectivity index (χ4n) is 2.14. The van der Waals surface area contributed by atoms with E-state index in [4.69, 9.17) is 0 Å². The molecule has 6 nitrogen and oxygen atoms in total. The molecule has 1 N–H and O–H groups in total. The lowest BCUT2D eigenvalue weighted by molar-refractivity contribution is -0.384. The first-order chi connectivity index (χ1) is 8.59. The number of para-hydroxylation sites is 2. The fourth-order valence-corrected chi connectivity index (χ4v) is 2.14. The lowest BCUT2D eigenvalue weighted by Gasteiger charge is -2.25. The quantitative estimate of drug-likeness (QED) is 0.654. The number of rotatable bonds is 4. The average Bonchev–Trinajstić information content (AvgIpc) is 2.76. The van der Waals surface area contributed by atoms with E-state index in [-0.39, 0.29) is 17.8 Å². The number of amides is 1. The zero-order valence-corrected chi connectivity index (χ0v) is 10.1. The van der Waals surface area contributed by atoms with Crippen molar-refractivity contribution in [1.82, 2.24) is 4.90 Å². The maximum Gasteiger partial charge on any atom is 0.292 e. The van der Waals surface area contributed by atoms with Crippen LogP contribution in [0.4, 0.5) is 11.4 Å². The molecule has 1 atom stereocenters. The number of hydrogen-bond donors (Lipinski definition) is 1. The number of hydrogen-bond acceptors (Lipinski definition) is 4. The highest BCUT2D eigenvalue weighted by Crippen LogP contribution is 2.25. The Morgan fingerprint density at radius 1 is 1.44 bits per heavy atom. The predicted octanol–water partition coefficient (Wildman–Crippen LogP) is 1.98. The summed E-state index contributed by atoms with van der Waals surface area (Å²) in [6.45, 7) is 2.54. The Morgan fingerprint density at radius 3 is 2.78 bits per heavy atom. The van der Waals surface area contributed by atoms with Crippen LogP contribution in [-0.2, 0) is 4.79 Å². The Morgan fingerprint density at radius 2 is 2.17 bits per heavy atom. The largest absolute Gasteiger partial charge is 0.360 e. The van der Waals surface area contributed by atoms with Crippen molar-refractivity contribution in [2.75, 3.05) is 11.9 Å². The lowest BCUT2D eigenvalue weighted by Crippen LogP contribution is -2.39. The van der Waals surface area contributed by atoms with Crippen LogP contribution in [0.15, 0.2) is 24.3 Å². The van der Waals surface area contributed by atoms with E-state index in [1.54, 1.807) is 23.1 Å². The van der Waals surface area contributed by atoms with Gasteiger partial charge in [0.25, 0.3) is 5.69 Å². The minimum absolute atomic E-state index is 0.0241. The van der Waals surface area contributed by atoms with E-state index in [1.165, 1.54) is 6.07 Å². The Labute approximate surface area is 105 Å². The summed E-state index contributed by atoms with van der Waals surface area (Å²) >= 11 is 0. The lowest BCUT2D eigenvalue weighted by atomic mass is 10.2. The van der Waals surface area contributed by atoms with Gasteiger partial charge in [0.15, 0.2) is 0 Å². The van der Waals surface area contributed by atoms with E-state index in [9.17, 15) is 14.9 Å². The Kier molecular flexibility index (Phi) is 3.45. The highest BCUT2D eigenvalue weighted by Gasteiger charge is 2.26. The molecule has 1 aliphatic heterocycles. The molecule has 2 rings (SSSR count). The topological polar surface area (TPSA) is 75.5 Å². The van der Waals surface area contributed by atoms with Gasteiger partial charge in [0.1, 0.15) is 5.69 Å². The molecule has 0 saturated carbocycles. The predicted molar refractivity (Wildman–Crippen MR) is 67.1 cm³/mol. The molecule has 1 aromatic carbocycles. The van der Waals surface area contributed by atoms with Gasteiger partial charge in [-0.2, -0.15) is 0 Å². The van der Waals surface area contributed by atoms with Gasteiger partial charge in [-0.3, -0.25) is 14.9 Å². The number of nitrogens with one attached hydrogen (secondary N) is 1. The minimum atomic E-state index is -0.430. The molecule has 1 saturated heterocycles. The SMILES string of the molecule is C[C@@H](Nc1ccccc1[N+](=O)[O-])N1CCCC1=O. The maximum atomic E-state index is 11.6. The van der Waals surface area contributed by atoms with Crippen molar-refractivity contribution in [2.45, 2.75) is 25.9 Å². The van der Waals surface area contributed by atoms with Crippen molar-refractivity contribution in [3.8, 4) is 0 Å². The van der Waals surface area contributed by atoms with Crippen LogP contribution in [-0.4, -0.2) is 28.4 Å². The van der Waals surface area contributed by atoms with E-state index in [1.807, 2.05) is 6.92 Å². The summed E-state index contributed by atoms with van der Waals surface area (Å²) in [4.78, 5) is 23.7. The molecule has 96 valence electrons. The highest BCUT2D eigenvalue weighted by atomic mass is 16.6. The van der Waals surface area contributed by atoms with Crippen LogP contribution >= 0.6 is 0 Å². The number of nitro benzene ring substituents is 1. The standard InChI is InChI=1S/C12H15N3O3/c1-9(14-8-4-7-12(14)16)13-10-5-2-3-6-11(10)15(17)18/h2-3,5-6,9,13H,4,7-8H2,1H3/t9-/m0/s1. The zero-order valence-electron chi connectivity index (χ0n) is 10.1. The van der Waals surface area contributed by atoms with Crippen LogP contribution in [0.5, 0.6) is 0 Å². The summed E-state index contributed by atoms with van der Waals surface area (Å²) in [5.41, 5.74) is 0.464. The molecule has 0 unspecified atom stereocenters. The molecular formula is C12H15N3O3. The first-order valence-electron chi connectivity index (χ1n) is 5.89. The molecule has 1 heterocycles. The molecule has 0 radical (unpaired) electrons. The van der Waals surface area contributed by atoms with Crippen LogP contribution in [0.2, 0.25) is 0 Å². The summed E-state index contributed by atoms with van der Waals surface area (Å²) in [5.74, 6) is 0.0913. The van der Waals surface area contributed by atoms with Gasteiger partial charge in [0, 0.05) is 19.0 Å². The number of nitrogens with zero attached hydrogens (tertiary/aromatic N) is 2.